The van der Waals surface area contributed by atoms with Crippen LogP contribution in [-0.4, -0.2) is 57.6 Å². The van der Waals surface area contributed by atoms with Gasteiger partial charge in [0.2, 0.25) is 15.9 Å². The van der Waals surface area contributed by atoms with E-state index in [2.05, 4.69) is 14.8 Å². The minimum atomic E-state index is -3.86. The third-order valence-corrected chi connectivity index (χ3v) is 5.35. The van der Waals surface area contributed by atoms with Crippen LogP contribution in [0.5, 0.6) is 0 Å². The first kappa shape index (κ1) is 24.0. The van der Waals surface area contributed by atoms with Gasteiger partial charge in [-0.05, 0) is 24.3 Å². The van der Waals surface area contributed by atoms with Crippen molar-refractivity contribution in [1.82, 2.24) is 4.31 Å². The van der Waals surface area contributed by atoms with Crippen molar-refractivity contribution in [2.24, 2.45) is 0 Å². The van der Waals surface area contributed by atoms with E-state index in [1.165, 1.54) is 36.4 Å². The molecule has 0 spiro atoms. The van der Waals surface area contributed by atoms with Crippen molar-refractivity contribution < 1.29 is 36.7 Å². The van der Waals surface area contributed by atoms with Crippen LogP contribution in [0.1, 0.15) is 26.3 Å². The fourth-order valence-electron chi connectivity index (χ4n) is 2.64. The third kappa shape index (κ3) is 6.59. The molecule has 2 rings (SSSR count). The van der Waals surface area contributed by atoms with Gasteiger partial charge in [-0.25, -0.2) is 22.4 Å². The highest BCUT2D eigenvalue weighted by Crippen LogP contribution is 2.18. The highest BCUT2D eigenvalue weighted by molar-refractivity contribution is 7.88. The number of hydrogen-bond acceptors (Lipinski definition) is 7. The molecule has 0 aliphatic rings. The Labute approximate surface area is 178 Å². The topological polar surface area (TPSA) is 119 Å². The van der Waals surface area contributed by atoms with Crippen molar-refractivity contribution in [2.45, 2.75) is 6.54 Å². The Bertz CT molecular complexity index is 1070. The maximum atomic E-state index is 13.9. The van der Waals surface area contributed by atoms with Gasteiger partial charge in [-0.3, -0.25) is 4.79 Å². The summed E-state index contributed by atoms with van der Waals surface area (Å²) < 4.78 is 48.2. The number of esters is 2. The number of rotatable bonds is 8. The van der Waals surface area contributed by atoms with Crippen molar-refractivity contribution in [1.29, 1.82) is 0 Å². The Balaban J connectivity index is 2.26. The Kier molecular flexibility index (Phi) is 7.83. The number of hydrogen-bond donors (Lipinski definition) is 1. The smallest absolute Gasteiger partial charge is 0.337 e. The molecule has 0 aromatic heterocycles. The molecule has 11 heteroatoms. The second-order valence-corrected chi connectivity index (χ2v) is 8.44. The molecular weight excluding hydrogens is 431 g/mol. The van der Waals surface area contributed by atoms with E-state index in [1.54, 1.807) is 6.07 Å². The summed E-state index contributed by atoms with van der Waals surface area (Å²) in [5.41, 5.74) is 0.105. The number of carbonyl (C=O) groups excluding carboxylic acids is 3. The fourth-order valence-corrected chi connectivity index (χ4v) is 3.36. The number of ether oxygens (including phenoxy) is 2. The minimum absolute atomic E-state index is 0.0213. The number of methoxy groups -OCH3 is 2. The summed E-state index contributed by atoms with van der Waals surface area (Å²) in [5.74, 6) is -2.87. The number of sulfonamides is 1. The molecule has 31 heavy (non-hydrogen) atoms. The lowest BCUT2D eigenvalue weighted by atomic mass is 10.1. The standard InChI is InChI=1S/C20H21FN2O7S/c1-29-19(25)14-8-15(20(26)30-2)10-16(9-14)22-18(24)12-23(31(3,27)28)11-13-6-4-5-7-17(13)21/h4-10H,11-12H2,1-3H3,(H,22,24). The van der Waals surface area contributed by atoms with Gasteiger partial charge in [0, 0.05) is 17.8 Å². The summed E-state index contributed by atoms with van der Waals surface area (Å²) in [6.07, 6.45) is 0.897. The molecule has 0 saturated heterocycles. The van der Waals surface area contributed by atoms with Crippen molar-refractivity contribution in [3.63, 3.8) is 0 Å². The van der Waals surface area contributed by atoms with Gasteiger partial charge in [0.25, 0.3) is 0 Å². The molecule has 0 bridgehead atoms. The fraction of sp³-hybridized carbons (Fsp3) is 0.250. The van der Waals surface area contributed by atoms with E-state index in [9.17, 15) is 27.2 Å². The summed E-state index contributed by atoms with van der Waals surface area (Å²) in [4.78, 5) is 36.2. The van der Waals surface area contributed by atoms with Crippen molar-refractivity contribution in [2.75, 3.05) is 32.3 Å². The number of halogens is 1. The van der Waals surface area contributed by atoms with E-state index in [0.29, 0.717) is 0 Å². The van der Waals surface area contributed by atoms with Crippen LogP contribution in [0.15, 0.2) is 42.5 Å². The molecule has 0 aliphatic heterocycles. The summed E-state index contributed by atoms with van der Waals surface area (Å²) in [6.45, 7) is -0.974. The van der Waals surface area contributed by atoms with Crippen molar-refractivity contribution >= 4 is 33.6 Å². The highest BCUT2D eigenvalue weighted by Gasteiger charge is 2.22. The lowest BCUT2D eigenvalue weighted by molar-refractivity contribution is -0.116. The molecule has 0 atom stereocenters. The van der Waals surface area contributed by atoms with Gasteiger partial charge in [0.05, 0.1) is 38.1 Å². The Morgan fingerprint density at radius 3 is 2.03 bits per heavy atom. The van der Waals surface area contributed by atoms with Crippen LogP contribution in [0.4, 0.5) is 10.1 Å². The number of amides is 1. The molecule has 0 aliphatic carbocycles. The lowest BCUT2D eigenvalue weighted by Gasteiger charge is -2.20. The first-order valence-corrected chi connectivity index (χ1v) is 10.7. The average Bonchev–Trinajstić information content (AvgIpc) is 2.72. The largest absolute Gasteiger partial charge is 0.465 e. The van der Waals surface area contributed by atoms with E-state index in [4.69, 9.17) is 0 Å². The van der Waals surface area contributed by atoms with Crippen LogP contribution >= 0.6 is 0 Å². The number of nitrogens with one attached hydrogen (secondary N) is 1. The van der Waals surface area contributed by atoms with Gasteiger partial charge in [-0.1, -0.05) is 18.2 Å². The average molecular weight is 452 g/mol. The molecule has 1 amide bonds. The molecule has 0 saturated carbocycles. The lowest BCUT2D eigenvalue weighted by Crippen LogP contribution is -2.37. The van der Waals surface area contributed by atoms with E-state index in [-0.39, 0.29) is 28.9 Å². The van der Waals surface area contributed by atoms with Crippen LogP contribution in [-0.2, 0) is 30.8 Å². The SMILES string of the molecule is COC(=O)c1cc(NC(=O)CN(Cc2ccccc2F)S(C)(=O)=O)cc(C(=O)OC)c1. The van der Waals surface area contributed by atoms with E-state index < -0.39 is 40.2 Å². The molecule has 0 radical (unpaired) electrons. The quantitative estimate of drug-likeness (QED) is 0.607. The Hall–Kier alpha value is -3.31. The zero-order valence-corrected chi connectivity index (χ0v) is 17.9. The molecule has 0 fully saturated rings. The van der Waals surface area contributed by atoms with Crippen molar-refractivity contribution in [3.8, 4) is 0 Å². The van der Waals surface area contributed by atoms with Gasteiger partial charge in [0.1, 0.15) is 5.82 Å². The van der Waals surface area contributed by atoms with Gasteiger partial charge >= 0.3 is 11.9 Å². The molecule has 2 aromatic carbocycles. The second-order valence-electron chi connectivity index (χ2n) is 6.45. The molecule has 1 N–H and O–H groups in total. The zero-order valence-electron chi connectivity index (χ0n) is 17.0. The van der Waals surface area contributed by atoms with Crippen molar-refractivity contribution in [3.05, 3.63) is 65.0 Å². The van der Waals surface area contributed by atoms with E-state index in [0.717, 1.165) is 24.8 Å². The molecule has 2 aromatic rings. The predicted octanol–water partition coefficient (Wildman–Crippen LogP) is 1.80. The molecule has 9 nitrogen and oxygen atoms in total. The summed E-state index contributed by atoms with van der Waals surface area (Å²) in [7, 11) is -1.56. The molecule has 0 unspecified atom stereocenters. The van der Waals surface area contributed by atoms with Gasteiger partial charge in [-0.2, -0.15) is 4.31 Å². The summed E-state index contributed by atoms with van der Waals surface area (Å²) >= 11 is 0. The Morgan fingerprint density at radius 1 is 1.00 bits per heavy atom. The Morgan fingerprint density at radius 2 is 1.55 bits per heavy atom. The van der Waals surface area contributed by atoms with Crippen LogP contribution in [0, 0.1) is 5.82 Å². The summed E-state index contributed by atoms with van der Waals surface area (Å²) in [5, 5.41) is 2.43. The monoisotopic (exact) mass is 452 g/mol. The molecule has 166 valence electrons. The first-order chi connectivity index (χ1) is 14.5. The van der Waals surface area contributed by atoms with E-state index in [1.807, 2.05) is 0 Å². The second kappa shape index (κ2) is 10.1. The van der Waals surface area contributed by atoms with Crippen LogP contribution in [0.3, 0.4) is 0 Å². The number of anilines is 1. The third-order valence-electron chi connectivity index (χ3n) is 4.15. The highest BCUT2D eigenvalue weighted by atomic mass is 32.2. The minimum Gasteiger partial charge on any atom is -0.465 e. The number of nitrogens with zero attached hydrogens (tertiary/aromatic N) is 1. The normalized spacial score (nSPS) is 11.1. The maximum absolute atomic E-state index is 13.9. The zero-order chi connectivity index (χ0) is 23.2. The maximum Gasteiger partial charge on any atom is 0.337 e. The predicted molar refractivity (Wildman–Crippen MR) is 109 cm³/mol. The van der Waals surface area contributed by atoms with Gasteiger partial charge in [-0.15, -0.1) is 0 Å². The van der Waals surface area contributed by atoms with Crippen LogP contribution < -0.4 is 5.32 Å². The molecular formula is C20H21FN2O7S. The van der Waals surface area contributed by atoms with Crippen LogP contribution in [0.2, 0.25) is 0 Å². The van der Waals surface area contributed by atoms with Gasteiger partial charge < -0.3 is 14.8 Å². The summed E-state index contributed by atoms with van der Waals surface area (Å²) in [6, 6.07) is 9.36. The van der Waals surface area contributed by atoms with Gasteiger partial charge in [0.15, 0.2) is 0 Å². The molecule has 0 heterocycles. The number of benzene rings is 2. The number of carbonyl (C=O) groups is 3. The first-order valence-electron chi connectivity index (χ1n) is 8.85. The van der Waals surface area contributed by atoms with Crippen LogP contribution in [0.25, 0.3) is 0 Å². The van der Waals surface area contributed by atoms with E-state index >= 15 is 0 Å².